The van der Waals surface area contributed by atoms with Gasteiger partial charge in [0, 0.05) is 6.61 Å². The Balaban J connectivity index is 2.40. The van der Waals surface area contributed by atoms with Crippen LogP contribution in [0.5, 0.6) is 0 Å². The molecule has 2 unspecified atom stereocenters. The van der Waals surface area contributed by atoms with E-state index < -0.39 is 0 Å². The molecule has 2 aromatic carbocycles. The molecule has 0 heterocycles. The number of rotatable bonds is 6. The first-order valence-electron chi connectivity index (χ1n) is 7.26. The minimum absolute atomic E-state index is 0.0956. The molecular weight excluding hydrogens is 265 g/mol. The number of nitrogens with one attached hydrogen (secondary N) is 1. The van der Waals surface area contributed by atoms with E-state index in [1.807, 2.05) is 57.3 Å². The molecule has 0 aliphatic rings. The van der Waals surface area contributed by atoms with Gasteiger partial charge in [-0.05, 0) is 49.7 Å². The van der Waals surface area contributed by atoms with Gasteiger partial charge in [-0.25, -0.2) is 4.39 Å². The van der Waals surface area contributed by atoms with Gasteiger partial charge in [0.15, 0.2) is 0 Å². The van der Waals surface area contributed by atoms with Crippen LogP contribution in [0.1, 0.15) is 35.8 Å². The molecule has 2 atom stereocenters. The summed E-state index contributed by atoms with van der Waals surface area (Å²) in [5.41, 5.74) is 2.89. The van der Waals surface area contributed by atoms with Crippen molar-refractivity contribution < 1.29 is 9.13 Å². The van der Waals surface area contributed by atoms with Crippen LogP contribution in [0.2, 0.25) is 0 Å². The molecule has 0 aliphatic carbocycles. The van der Waals surface area contributed by atoms with E-state index >= 15 is 0 Å². The Morgan fingerprint density at radius 3 is 2.38 bits per heavy atom. The molecule has 3 heteroatoms. The topological polar surface area (TPSA) is 21.3 Å². The highest BCUT2D eigenvalue weighted by molar-refractivity contribution is 5.30. The van der Waals surface area contributed by atoms with E-state index in [0.717, 1.165) is 16.7 Å². The average Bonchev–Trinajstić information content (AvgIpc) is 2.47. The zero-order valence-corrected chi connectivity index (χ0v) is 12.8. The third-order valence-corrected chi connectivity index (χ3v) is 3.51. The van der Waals surface area contributed by atoms with Gasteiger partial charge in [-0.3, -0.25) is 0 Å². The number of likely N-dealkylation sites (N-methyl/N-ethyl adjacent to an activating group) is 1. The Kier molecular flexibility index (Phi) is 5.48. The summed E-state index contributed by atoms with van der Waals surface area (Å²) < 4.78 is 19.6. The Morgan fingerprint density at radius 2 is 1.81 bits per heavy atom. The number of halogens is 1. The first kappa shape index (κ1) is 15.7. The van der Waals surface area contributed by atoms with Crippen LogP contribution in [0.25, 0.3) is 0 Å². The third-order valence-electron chi connectivity index (χ3n) is 3.51. The summed E-state index contributed by atoms with van der Waals surface area (Å²) in [6.07, 6.45) is -0.151. The van der Waals surface area contributed by atoms with Crippen LogP contribution in [0.15, 0.2) is 48.5 Å². The molecule has 0 aromatic heterocycles. The third kappa shape index (κ3) is 3.90. The van der Waals surface area contributed by atoms with Gasteiger partial charge < -0.3 is 10.1 Å². The SMILES string of the molecule is CCOC(c1ccccc1)C(NC)c1cc(C)cc(F)c1. The number of ether oxygens (including phenoxy) is 1. The smallest absolute Gasteiger partial charge is 0.123 e. The standard InChI is InChI=1S/C18H22FNO/c1-4-21-18(14-8-6-5-7-9-14)17(20-3)15-10-13(2)11-16(19)12-15/h5-12,17-18,20H,4H2,1-3H3. The molecule has 2 aromatic rings. The number of hydrogen-bond acceptors (Lipinski definition) is 2. The molecule has 0 saturated heterocycles. The molecular formula is C18H22FNO. The molecule has 0 radical (unpaired) electrons. The van der Waals surface area contributed by atoms with Gasteiger partial charge in [-0.1, -0.05) is 36.4 Å². The maximum absolute atomic E-state index is 13.7. The molecule has 0 amide bonds. The van der Waals surface area contributed by atoms with Gasteiger partial charge in [0.05, 0.1) is 6.04 Å². The first-order chi connectivity index (χ1) is 10.2. The molecule has 1 N–H and O–H groups in total. The van der Waals surface area contributed by atoms with Gasteiger partial charge in [-0.2, -0.15) is 0 Å². The van der Waals surface area contributed by atoms with Crippen molar-refractivity contribution in [3.63, 3.8) is 0 Å². The monoisotopic (exact) mass is 287 g/mol. The Labute approximate surface area is 126 Å². The van der Waals surface area contributed by atoms with Crippen molar-refractivity contribution in [1.82, 2.24) is 5.32 Å². The highest BCUT2D eigenvalue weighted by Crippen LogP contribution is 2.32. The van der Waals surface area contributed by atoms with E-state index in [9.17, 15) is 4.39 Å². The number of benzene rings is 2. The summed E-state index contributed by atoms with van der Waals surface area (Å²) in [5, 5.41) is 3.26. The molecule has 0 fully saturated rings. The van der Waals surface area contributed by atoms with Gasteiger partial charge >= 0.3 is 0 Å². The minimum atomic E-state index is -0.214. The first-order valence-corrected chi connectivity index (χ1v) is 7.26. The van der Waals surface area contributed by atoms with Gasteiger partial charge in [-0.15, -0.1) is 0 Å². The summed E-state index contributed by atoms with van der Waals surface area (Å²) in [7, 11) is 1.87. The fourth-order valence-corrected chi connectivity index (χ4v) is 2.64. The second kappa shape index (κ2) is 7.34. The summed E-state index contributed by atoms with van der Waals surface area (Å²) in [6.45, 7) is 4.48. The van der Waals surface area contributed by atoms with Crippen molar-refractivity contribution in [2.24, 2.45) is 0 Å². The zero-order valence-electron chi connectivity index (χ0n) is 12.8. The van der Waals surface area contributed by atoms with E-state index in [2.05, 4.69) is 5.32 Å². The number of aryl methyl sites for hydroxylation is 1. The largest absolute Gasteiger partial charge is 0.372 e. The minimum Gasteiger partial charge on any atom is -0.372 e. The van der Waals surface area contributed by atoms with Gasteiger partial charge in [0.1, 0.15) is 11.9 Å². The van der Waals surface area contributed by atoms with Crippen molar-refractivity contribution in [1.29, 1.82) is 0 Å². The fourth-order valence-electron chi connectivity index (χ4n) is 2.64. The molecule has 0 saturated carbocycles. The van der Waals surface area contributed by atoms with E-state index in [1.54, 1.807) is 6.07 Å². The second-order valence-electron chi connectivity index (χ2n) is 5.11. The molecule has 0 aliphatic heterocycles. The highest BCUT2D eigenvalue weighted by Gasteiger charge is 2.24. The molecule has 2 nitrogen and oxygen atoms in total. The molecule has 21 heavy (non-hydrogen) atoms. The van der Waals surface area contributed by atoms with Crippen LogP contribution in [0.3, 0.4) is 0 Å². The lowest BCUT2D eigenvalue weighted by atomic mass is 9.94. The van der Waals surface area contributed by atoms with Gasteiger partial charge in [0.2, 0.25) is 0 Å². The average molecular weight is 287 g/mol. The molecule has 0 spiro atoms. The fraction of sp³-hybridized carbons (Fsp3) is 0.333. The van der Waals surface area contributed by atoms with Crippen LogP contribution >= 0.6 is 0 Å². The van der Waals surface area contributed by atoms with E-state index in [0.29, 0.717) is 6.61 Å². The lowest BCUT2D eigenvalue weighted by molar-refractivity contribution is 0.0346. The predicted molar refractivity (Wildman–Crippen MR) is 83.7 cm³/mol. The quantitative estimate of drug-likeness (QED) is 0.861. The predicted octanol–water partition coefficient (Wildman–Crippen LogP) is 4.17. The van der Waals surface area contributed by atoms with Crippen molar-refractivity contribution in [2.75, 3.05) is 13.7 Å². The Hall–Kier alpha value is -1.71. The van der Waals surface area contributed by atoms with Crippen LogP contribution in [-0.4, -0.2) is 13.7 Å². The summed E-state index contributed by atoms with van der Waals surface area (Å²) in [6, 6.07) is 15.1. The number of hydrogen-bond donors (Lipinski definition) is 1. The lowest BCUT2D eigenvalue weighted by Gasteiger charge is -2.28. The van der Waals surface area contributed by atoms with E-state index in [-0.39, 0.29) is 18.0 Å². The van der Waals surface area contributed by atoms with Crippen LogP contribution in [0.4, 0.5) is 4.39 Å². The Bertz CT molecular complexity index is 550. The van der Waals surface area contributed by atoms with Crippen molar-refractivity contribution in [3.8, 4) is 0 Å². The summed E-state index contributed by atoms with van der Waals surface area (Å²) in [5.74, 6) is -0.214. The molecule has 0 bridgehead atoms. The zero-order chi connectivity index (χ0) is 15.2. The van der Waals surface area contributed by atoms with Crippen molar-refractivity contribution in [2.45, 2.75) is 26.0 Å². The van der Waals surface area contributed by atoms with Crippen LogP contribution in [0, 0.1) is 12.7 Å². The maximum atomic E-state index is 13.7. The van der Waals surface area contributed by atoms with Gasteiger partial charge in [0.25, 0.3) is 0 Å². The normalized spacial score (nSPS) is 13.9. The van der Waals surface area contributed by atoms with E-state index in [1.165, 1.54) is 6.07 Å². The molecule has 2 rings (SSSR count). The summed E-state index contributed by atoms with van der Waals surface area (Å²) in [4.78, 5) is 0. The lowest BCUT2D eigenvalue weighted by Crippen LogP contribution is -2.26. The Morgan fingerprint density at radius 1 is 1.10 bits per heavy atom. The summed E-state index contributed by atoms with van der Waals surface area (Å²) >= 11 is 0. The highest BCUT2D eigenvalue weighted by atomic mass is 19.1. The maximum Gasteiger partial charge on any atom is 0.123 e. The second-order valence-corrected chi connectivity index (χ2v) is 5.11. The van der Waals surface area contributed by atoms with Crippen molar-refractivity contribution in [3.05, 3.63) is 71.0 Å². The molecule has 112 valence electrons. The van der Waals surface area contributed by atoms with Crippen molar-refractivity contribution >= 4 is 0 Å². The van der Waals surface area contributed by atoms with E-state index in [4.69, 9.17) is 4.74 Å². The van der Waals surface area contributed by atoms with Crippen LogP contribution in [-0.2, 0) is 4.74 Å². The van der Waals surface area contributed by atoms with Crippen LogP contribution < -0.4 is 5.32 Å².